The zero-order valence-corrected chi connectivity index (χ0v) is 18.2. The summed E-state index contributed by atoms with van der Waals surface area (Å²) in [6.07, 6.45) is 0. The van der Waals surface area contributed by atoms with Crippen LogP contribution in [0.15, 0.2) is 109 Å². The van der Waals surface area contributed by atoms with Crippen LogP contribution < -0.4 is 11.1 Å². The van der Waals surface area contributed by atoms with Crippen LogP contribution in [0.1, 0.15) is 24.1 Å². The van der Waals surface area contributed by atoms with Crippen molar-refractivity contribution in [1.82, 2.24) is 0 Å². The average Bonchev–Trinajstić information content (AvgIpc) is 2.87. The van der Waals surface area contributed by atoms with Gasteiger partial charge in [0.15, 0.2) is 0 Å². The predicted octanol–water partition coefficient (Wildman–Crippen LogP) is 6.94. The van der Waals surface area contributed by atoms with Crippen molar-refractivity contribution in [1.29, 1.82) is 10.7 Å². The molecule has 0 aromatic heterocycles. The Morgan fingerprint density at radius 1 is 0.781 bits per heavy atom. The monoisotopic (exact) mass is 420 g/mol. The number of nitrogens with two attached hydrogens (primary N) is 1. The fourth-order valence-electron chi connectivity index (χ4n) is 3.00. The number of nitriles is 1. The van der Waals surface area contributed by atoms with E-state index in [2.05, 4.69) is 30.2 Å². The van der Waals surface area contributed by atoms with Gasteiger partial charge in [0.25, 0.3) is 0 Å². The molecule has 0 amide bonds. The van der Waals surface area contributed by atoms with E-state index in [4.69, 9.17) is 16.4 Å². The fourth-order valence-corrected chi connectivity index (χ4v) is 3.00. The van der Waals surface area contributed by atoms with E-state index in [9.17, 15) is 0 Å². The molecule has 4 nitrogen and oxygen atoms in total. The highest BCUT2D eigenvalue weighted by Gasteiger charge is 2.05. The summed E-state index contributed by atoms with van der Waals surface area (Å²) in [4.78, 5) is 0. The van der Waals surface area contributed by atoms with Crippen molar-refractivity contribution in [2.24, 2.45) is 5.73 Å². The Hall–Kier alpha value is -4.20. The Balaban J connectivity index is 0.000000277. The number of benzene rings is 4. The van der Waals surface area contributed by atoms with Crippen molar-refractivity contribution in [3.8, 4) is 17.2 Å². The van der Waals surface area contributed by atoms with Crippen LogP contribution in [-0.2, 0) is 0 Å². The molecule has 4 aromatic rings. The molecule has 0 heterocycles. The van der Waals surface area contributed by atoms with Gasteiger partial charge in [0.05, 0.1) is 11.6 Å². The highest BCUT2D eigenvalue weighted by Crippen LogP contribution is 2.30. The molecule has 160 valence electrons. The molecule has 32 heavy (non-hydrogen) atoms. The van der Waals surface area contributed by atoms with Crippen LogP contribution in [0.5, 0.6) is 0 Å². The van der Waals surface area contributed by atoms with Crippen LogP contribution in [-0.4, -0.2) is 6.72 Å². The second-order valence-electron chi connectivity index (χ2n) is 6.93. The molecule has 1 atom stereocenters. The third-order valence-corrected chi connectivity index (χ3v) is 4.63. The van der Waals surface area contributed by atoms with Crippen LogP contribution >= 0.6 is 0 Å². The number of rotatable bonds is 4. The molecule has 0 spiro atoms. The number of para-hydroxylation sites is 2. The number of nitrogens with one attached hydrogen (secondary N) is 2. The Labute approximate surface area is 190 Å². The zero-order chi connectivity index (χ0) is 23.2. The number of hydrogen-bond acceptors (Lipinski definition) is 4. The molecule has 4 N–H and O–H groups in total. The van der Waals surface area contributed by atoms with Crippen molar-refractivity contribution in [3.05, 3.63) is 120 Å². The van der Waals surface area contributed by atoms with E-state index in [1.807, 2.05) is 104 Å². The molecule has 0 bridgehead atoms. The summed E-state index contributed by atoms with van der Waals surface area (Å²) in [5.41, 5.74) is 11.8. The van der Waals surface area contributed by atoms with Gasteiger partial charge in [-0.1, -0.05) is 78.9 Å². The summed E-state index contributed by atoms with van der Waals surface area (Å²) in [7, 11) is 0. The lowest BCUT2D eigenvalue weighted by Gasteiger charge is -2.12. The third kappa shape index (κ3) is 7.24. The van der Waals surface area contributed by atoms with Gasteiger partial charge in [0.1, 0.15) is 0 Å². The lowest BCUT2D eigenvalue weighted by atomic mass is 10.0. The second kappa shape index (κ2) is 13.2. The molecule has 0 fully saturated rings. The highest BCUT2D eigenvalue weighted by atomic mass is 14.9. The molecular formula is C28H28N4. The smallest absolute Gasteiger partial charge is 0.0991 e. The predicted molar refractivity (Wildman–Crippen MR) is 135 cm³/mol. The maximum absolute atomic E-state index is 8.89. The maximum Gasteiger partial charge on any atom is 0.0991 e. The van der Waals surface area contributed by atoms with Crippen molar-refractivity contribution >= 4 is 18.1 Å². The number of nitrogens with zero attached hydrogens (tertiary/aromatic N) is 1. The Morgan fingerprint density at radius 3 is 1.84 bits per heavy atom. The molecule has 0 aliphatic rings. The minimum Gasteiger partial charge on any atom is -0.355 e. The van der Waals surface area contributed by atoms with E-state index in [1.165, 1.54) is 5.56 Å². The molecule has 0 aliphatic carbocycles. The molecule has 0 saturated carbocycles. The highest BCUT2D eigenvalue weighted by molar-refractivity contribution is 5.81. The van der Waals surface area contributed by atoms with E-state index in [0.717, 1.165) is 22.5 Å². The van der Waals surface area contributed by atoms with Crippen molar-refractivity contribution in [2.45, 2.75) is 13.0 Å². The minimum atomic E-state index is 0.159. The van der Waals surface area contributed by atoms with E-state index in [-0.39, 0.29) is 6.04 Å². The van der Waals surface area contributed by atoms with E-state index >= 15 is 0 Å². The lowest BCUT2D eigenvalue weighted by Crippen LogP contribution is -2.03. The van der Waals surface area contributed by atoms with E-state index < -0.39 is 0 Å². The first-order chi connectivity index (χ1) is 15.7. The van der Waals surface area contributed by atoms with Gasteiger partial charge in [-0.2, -0.15) is 5.26 Å². The van der Waals surface area contributed by atoms with Crippen LogP contribution in [0.25, 0.3) is 11.1 Å². The Kier molecular flexibility index (Phi) is 9.91. The third-order valence-electron chi connectivity index (χ3n) is 4.63. The normalized spacial score (nSPS) is 10.3. The maximum atomic E-state index is 8.89. The van der Waals surface area contributed by atoms with Gasteiger partial charge < -0.3 is 16.5 Å². The fraction of sp³-hybridized carbons (Fsp3) is 0.0714. The number of hydrogen-bond donors (Lipinski definition) is 3. The summed E-state index contributed by atoms with van der Waals surface area (Å²) in [6, 6.07) is 38.2. The first kappa shape index (κ1) is 24.1. The van der Waals surface area contributed by atoms with E-state index in [0.29, 0.717) is 5.56 Å². The molecule has 0 aliphatic heterocycles. The lowest BCUT2D eigenvalue weighted by molar-refractivity contribution is 0.818. The largest absolute Gasteiger partial charge is 0.355 e. The quantitative estimate of drug-likeness (QED) is 0.313. The standard InChI is InChI=1S/C19H14N2.C8H11N.CH3N/c20-14-15-10-12-16(13-11-15)18-8-4-5-9-19(18)21-17-6-2-1-3-7-17;1-7(9)8-5-3-2-4-6-8;1-2/h1-13,21H;2-7H,9H2,1H3;2H,1H2. The summed E-state index contributed by atoms with van der Waals surface area (Å²) in [6.45, 7) is 4.48. The van der Waals surface area contributed by atoms with Crippen LogP contribution in [0.3, 0.4) is 0 Å². The van der Waals surface area contributed by atoms with Gasteiger partial charge in [-0.3, -0.25) is 0 Å². The SMILES string of the molecule is C=N.CC(N)c1ccccc1.N#Cc1ccc(-c2ccccc2Nc2ccccc2)cc1. The first-order valence-electron chi connectivity index (χ1n) is 10.2. The van der Waals surface area contributed by atoms with Gasteiger partial charge in [-0.15, -0.1) is 0 Å². The van der Waals surface area contributed by atoms with Crippen LogP contribution in [0.4, 0.5) is 11.4 Å². The van der Waals surface area contributed by atoms with Crippen molar-refractivity contribution in [3.63, 3.8) is 0 Å². The Morgan fingerprint density at radius 2 is 1.31 bits per heavy atom. The number of anilines is 2. The average molecular weight is 421 g/mol. The van der Waals surface area contributed by atoms with Gasteiger partial charge in [0.2, 0.25) is 0 Å². The minimum absolute atomic E-state index is 0.159. The molecular weight excluding hydrogens is 392 g/mol. The molecule has 1 unspecified atom stereocenters. The van der Waals surface area contributed by atoms with Crippen LogP contribution in [0.2, 0.25) is 0 Å². The topological polar surface area (TPSA) is 85.7 Å². The van der Waals surface area contributed by atoms with E-state index in [1.54, 1.807) is 0 Å². The van der Waals surface area contributed by atoms with Gasteiger partial charge in [-0.25, -0.2) is 0 Å². The Bertz CT molecular complexity index is 1100. The first-order valence-corrected chi connectivity index (χ1v) is 10.2. The van der Waals surface area contributed by atoms with Crippen LogP contribution in [0, 0.1) is 16.7 Å². The van der Waals surface area contributed by atoms with Crippen molar-refractivity contribution in [2.75, 3.05) is 5.32 Å². The van der Waals surface area contributed by atoms with Gasteiger partial charge in [0, 0.05) is 23.0 Å². The summed E-state index contributed by atoms with van der Waals surface area (Å²) in [5, 5.41) is 17.8. The summed E-state index contributed by atoms with van der Waals surface area (Å²) < 4.78 is 0. The zero-order valence-electron chi connectivity index (χ0n) is 18.2. The molecule has 0 saturated heterocycles. The molecule has 4 rings (SSSR count). The summed E-state index contributed by atoms with van der Waals surface area (Å²) >= 11 is 0. The molecule has 0 radical (unpaired) electrons. The van der Waals surface area contributed by atoms with Gasteiger partial charge >= 0.3 is 0 Å². The molecule has 4 heteroatoms. The molecule has 4 aromatic carbocycles. The summed E-state index contributed by atoms with van der Waals surface area (Å²) in [5.74, 6) is 0. The van der Waals surface area contributed by atoms with Crippen molar-refractivity contribution < 1.29 is 0 Å². The second-order valence-corrected chi connectivity index (χ2v) is 6.93. The van der Waals surface area contributed by atoms with Gasteiger partial charge in [-0.05, 0) is 55.1 Å².